The van der Waals surface area contributed by atoms with Crippen LogP contribution in [0.1, 0.15) is 29.8 Å². The number of likely N-dealkylation sites (N-methyl/N-ethyl adjacent to an activating group) is 1. The van der Waals surface area contributed by atoms with E-state index in [1.165, 1.54) is 5.69 Å². The van der Waals surface area contributed by atoms with Crippen molar-refractivity contribution in [3.05, 3.63) is 47.5 Å². The summed E-state index contributed by atoms with van der Waals surface area (Å²) in [7, 11) is 1.96. The Kier molecular flexibility index (Phi) is 5.18. The summed E-state index contributed by atoms with van der Waals surface area (Å²) in [4.78, 5) is 18.3. The third-order valence-electron chi connectivity index (χ3n) is 4.82. The van der Waals surface area contributed by atoms with E-state index in [1.807, 2.05) is 31.0 Å². The molecule has 1 N–H and O–H groups in total. The van der Waals surface area contributed by atoms with E-state index in [1.54, 1.807) is 12.4 Å². The summed E-state index contributed by atoms with van der Waals surface area (Å²) in [6.07, 6.45) is 5.86. The van der Waals surface area contributed by atoms with Gasteiger partial charge in [0.15, 0.2) is 0 Å². The summed E-state index contributed by atoms with van der Waals surface area (Å²) in [5, 5.41) is 7.66. The van der Waals surface area contributed by atoms with Gasteiger partial charge in [0.25, 0.3) is 0 Å². The number of nitrogens with one attached hydrogen (secondary N) is 1. The summed E-state index contributed by atoms with van der Waals surface area (Å²) in [5.74, 6) is 0.0798. The molecule has 2 aromatic rings. The number of aryl methyl sites for hydroxylation is 2. The molecule has 6 nitrogen and oxygen atoms in total. The molecule has 0 saturated heterocycles. The Morgan fingerprint density at radius 1 is 1.32 bits per heavy atom. The van der Waals surface area contributed by atoms with Gasteiger partial charge in [0.05, 0.1) is 12.2 Å². The molecular formula is C19H27N5O. The zero-order valence-corrected chi connectivity index (χ0v) is 15.3. The van der Waals surface area contributed by atoms with Crippen molar-refractivity contribution in [3.8, 4) is 0 Å². The highest BCUT2D eigenvalue weighted by molar-refractivity contribution is 5.78. The molecule has 1 amide bonds. The Balaban J connectivity index is 1.45. The normalized spacial score (nSPS) is 15.4. The van der Waals surface area contributed by atoms with Crippen LogP contribution in [0.25, 0.3) is 0 Å². The Bertz CT molecular complexity index is 721. The number of hydrogen-bond donors (Lipinski definition) is 1. The standard InChI is InChI=1S/C19H27N5O/c1-15-10-16(2)24(22-15)14-19(6-7-19)13-21-18(25)12-23(3)11-17-4-8-20-9-5-17/h4-5,8-10H,6-7,11-14H2,1-3H3,(H,21,25). The quantitative estimate of drug-likeness (QED) is 0.797. The van der Waals surface area contributed by atoms with Crippen molar-refractivity contribution in [3.63, 3.8) is 0 Å². The molecule has 1 aliphatic rings. The van der Waals surface area contributed by atoms with Crippen LogP contribution in [0.3, 0.4) is 0 Å². The van der Waals surface area contributed by atoms with Crippen LogP contribution in [-0.2, 0) is 17.9 Å². The third kappa shape index (κ3) is 4.89. The molecule has 0 spiro atoms. The number of nitrogens with zero attached hydrogens (tertiary/aromatic N) is 4. The number of pyridine rings is 1. The van der Waals surface area contributed by atoms with Crippen LogP contribution in [0.4, 0.5) is 0 Å². The molecule has 25 heavy (non-hydrogen) atoms. The number of aromatic nitrogens is 3. The minimum atomic E-state index is 0.0798. The van der Waals surface area contributed by atoms with Crippen molar-refractivity contribution in [1.29, 1.82) is 0 Å². The van der Waals surface area contributed by atoms with Gasteiger partial charge >= 0.3 is 0 Å². The third-order valence-corrected chi connectivity index (χ3v) is 4.82. The maximum absolute atomic E-state index is 12.3. The predicted octanol–water partition coefficient (Wildman–Crippen LogP) is 1.92. The average molecular weight is 341 g/mol. The smallest absolute Gasteiger partial charge is 0.234 e. The van der Waals surface area contributed by atoms with Gasteiger partial charge in [0, 0.05) is 43.1 Å². The van der Waals surface area contributed by atoms with E-state index in [-0.39, 0.29) is 11.3 Å². The molecule has 134 valence electrons. The van der Waals surface area contributed by atoms with E-state index in [4.69, 9.17) is 0 Å². The van der Waals surface area contributed by atoms with Crippen molar-refractivity contribution in [1.82, 2.24) is 25.0 Å². The van der Waals surface area contributed by atoms with E-state index in [9.17, 15) is 4.79 Å². The van der Waals surface area contributed by atoms with Crippen LogP contribution in [-0.4, -0.2) is 45.7 Å². The van der Waals surface area contributed by atoms with Gasteiger partial charge in [0.1, 0.15) is 0 Å². The van der Waals surface area contributed by atoms with Crippen molar-refractivity contribution >= 4 is 5.91 Å². The van der Waals surface area contributed by atoms with E-state index in [0.29, 0.717) is 6.54 Å². The monoisotopic (exact) mass is 341 g/mol. The van der Waals surface area contributed by atoms with Crippen LogP contribution >= 0.6 is 0 Å². The van der Waals surface area contributed by atoms with E-state index in [2.05, 4.69) is 33.1 Å². The van der Waals surface area contributed by atoms with Gasteiger partial charge in [-0.15, -0.1) is 0 Å². The molecule has 1 saturated carbocycles. The van der Waals surface area contributed by atoms with Crippen LogP contribution in [0.15, 0.2) is 30.6 Å². The van der Waals surface area contributed by atoms with Crippen molar-refractivity contribution in [2.75, 3.05) is 20.1 Å². The van der Waals surface area contributed by atoms with Crippen LogP contribution in [0, 0.1) is 19.3 Å². The number of carbonyl (C=O) groups excluding carboxylic acids is 1. The molecular weight excluding hydrogens is 314 g/mol. The molecule has 6 heteroatoms. The highest BCUT2D eigenvalue weighted by atomic mass is 16.2. The minimum absolute atomic E-state index is 0.0798. The Hall–Kier alpha value is -2.21. The molecule has 0 unspecified atom stereocenters. The molecule has 0 aromatic carbocycles. The zero-order chi connectivity index (χ0) is 17.9. The lowest BCUT2D eigenvalue weighted by Crippen LogP contribution is -2.38. The van der Waals surface area contributed by atoms with E-state index in [0.717, 1.165) is 43.7 Å². The number of carbonyl (C=O) groups is 1. The van der Waals surface area contributed by atoms with Crippen molar-refractivity contribution < 1.29 is 4.79 Å². The Morgan fingerprint density at radius 2 is 2.04 bits per heavy atom. The van der Waals surface area contributed by atoms with Gasteiger partial charge < -0.3 is 5.32 Å². The molecule has 0 atom stereocenters. The first kappa shape index (κ1) is 17.6. The fourth-order valence-electron chi connectivity index (χ4n) is 3.16. The van der Waals surface area contributed by atoms with Gasteiger partial charge in [-0.2, -0.15) is 5.10 Å². The summed E-state index contributed by atoms with van der Waals surface area (Å²) in [6.45, 7) is 6.87. The lowest BCUT2D eigenvalue weighted by molar-refractivity contribution is -0.122. The second kappa shape index (κ2) is 7.35. The Morgan fingerprint density at radius 3 is 2.64 bits per heavy atom. The Labute approximate surface area is 149 Å². The fourth-order valence-corrected chi connectivity index (χ4v) is 3.16. The summed E-state index contributed by atoms with van der Waals surface area (Å²) in [6, 6.07) is 6.05. The topological polar surface area (TPSA) is 63.1 Å². The first-order valence-corrected chi connectivity index (χ1v) is 8.81. The highest BCUT2D eigenvalue weighted by Crippen LogP contribution is 2.46. The minimum Gasteiger partial charge on any atom is -0.354 e. The van der Waals surface area contributed by atoms with Gasteiger partial charge in [-0.05, 0) is 57.5 Å². The summed E-state index contributed by atoms with van der Waals surface area (Å²) in [5.41, 5.74) is 3.58. The van der Waals surface area contributed by atoms with Crippen LogP contribution < -0.4 is 5.32 Å². The van der Waals surface area contributed by atoms with Gasteiger partial charge in [-0.25, -0.2) is 0 Å². The maximum Gasteiger partial charge on any atom is 0.234 e. The van der Waals surface area contributed by atoms with Crippen LogP contribution in [0.5, 0.6) is 0 Å². The largest absolute Gasteiger partial charge is 0.354 e. The molecule has 0 radical (unpaired) electrons. The molecule has 3 rings (SSSR count). The number of amides is 1. The SMILES string of the molecule is Cc1cc(C)n(CC2(CNC(=O)CN(C)Cc3ccncc3)CC2)n1. The first-order valence-electron chi connectivity index (χ1n) is 8.81. The highest BCUT2D eigenvalue weighted by Gasteiger charge is 2.43. The second-order valence-electron chi connectivity index (χ2n) is 7.39. The fraction of sp³-hybridized carbons (Fsp3) is 0.526. The molecule has 0 bridgehead atoms. The molecule has 1 fully saturated rings. The lowest BCUT2D eigenvalue weighted by Gasteiger charge is -2.20. The van der Waals surface area contributed by atoms with Crippen molar-refractivity contribution in [2.45, 2.75) is 39.8 Å². The summed E-state index contributed by atoms with van der Waals surface area (Å²) < 4.78 is 2.07. The predicted molar refractivity (Wildman–Crippen MR) is 96.9 cm³/mol. The van der Waals surface area contributed by atoms with Gasteiger partial charge in [-0.1, -0.05) is 0 Å². The average Bonchev–Trinajstić information content (AvgIpc) is 3.25. The van der Waals surface area contributed by atoms with Gasteiger partial charge in [-0.3, -0.25) is 19.4 Å². The molecule has 1 aliphatic carbocycles. The molecule has 0 aliphatic heterocycles. The maximum atomic E-state index is 12.3. The van der Waals surface area contributed by atoms with Crippen molar-refractivity contribution in [2.24, 2.45) is 5.41 Å². The van der Waals surface area contributed by atoms with Crippen LogP contribution in [0.2, 0.25) is 0 Å². The molecule has 2 aromatic heterocycles. The molecule has 2 heterocycles. The number of hydrogen-bond acceptors (Lipinski definition) is 4. The first-order chi connectivity index (χ1) is 12.0. The number of rotatable bonds is 8. The zero-order valence-electron chi connectivity index (χ0n) is 15.3. The lowest BCUT2D eigenvalue weighted by atomic mass is 10.1. The van der Waals surface area contributed by atoms with E-state index >= 15 is 0 Å². The summed E-state index contributed by atoms with van der Waals surface area (Å²) >= 11 is 0. The second-order valence-corrected chi connectivity index (χ2v) is 7.39. The van der Waals surface area contributed by atoms with Gasteiger partial charge in [0.2, 0.25) is 5.91 Å². The van der Waals surface area contributed by atoms with E-state index < -0.39 is 0 Å².